The van der Waals surface area contributed by atoms with E-state index in [9.17, 15) is 9.59 Å². The summed E-state index contributed by atoms with van der Waals surface area (Å²) in [5.41, 5.74) is 2.23. The number of amides is 1. The van der Waals surface area contributed by atoms with Crippen molar-refractivity contribution in [2.75, 3.05) is 20.2 Å². The Balaban J connectivity index is 1.99. The van der Waals surface area contributed by atoms with Gasteiger partial charge in [-0.3, -0.25) is 4.79 Å². The number of methoxy groups -OCH3 is 1. The van der Waals surface area contributed by atoms with Gasteiger partial charge in [0.1, 0.15) is 5.56 Å². The fraction of sp³-hybridized carbons (Fsp3) is 0.389. The number of likely N-dealkylation sites (tertiary alicyclic amines) is 1. The van der Waals surface area contributed by atoms with Gasteiger partial charge in [0, 0.05) is 30.4 Å². The number of rotatable bonds is 3. The van der Waals surface area contributed by atoms with Crippen molar-refractivity contribution in [3.05, 3.63) is 46.2 Å². The lowest BCUT2D eigenvalue weighted by molar-refractivity contribution is -0.129. The molecule has 1 fully saturated rings. The third kappa shape index (κ3) is 3.61. The van der Waals surface area contributed by atoms with Gasteiger partial charge in [-0.25, -0.2) is 9.48 Å². The Kier molecular flexibility index (Phi) is 5.22. The number of carbonyl (C=O) groups is 2. The maximum absolute atomic E-state index is 12.2. The van der Waals surface area contributed by atoms with Crippen LogP contribution in [0.1, 0.15) is 41.7 Å². The Hall–Kier alpha value is -2.15. The van der Waals surface area contributed by atoms with Crippen molar-refractivity contribution in [2.45, 2.75) is 25.7 Å². The molecule has 1 aliphatic heterocycles. The van der Waals surface area contributed by atoms with E-state index in [1.54, 1.807) is 13.1 Å². The minimum Gasteiger partial charge on any atom is -0.465 e. The first-order chi connectivity index (χ1) is 12.0. The molecule has 0 saturated carbocycles. The second kappa shape index (κ2) is 7.39. The summed E-state index contributed by atoms with van der Waals surface area (Å²) < 4.78 is 7.69. The van der Waals surface area contributed by atoms with E-state index < -0.39 is 0 Å². The summed E-state index contributed by atoms with van der Waals surface area (Å²) in [7, 11) is 1.38. The van der Waals surface area contributed by atoms with E-state index in [0.717, 1.165) is 28.7 Å². The molecule has 7 heteroatoms. The second-order valence-corrected chi connectivity index (χ2v) is 7.02. The molecule has 0 N–H and O–H groups in total. The zero-order chi connectivity index (χ0) is 18.0. The summed E-state index contributed by atoms with van der Waals surface area (Å²) in [5.74, 6) is -0.149. The lowest BCUT2D eigenvalue weighted by Crippen LogP contribution is -2.37. The first kappa shape index (κ1) is 17.7. The summed E-state index contributed by atoms with van der Waals surface area (Å²) in [6.45, 7) is 2.96. The fourth-order valence-corrected chi connectivity index (χ4v) is 3.69. The summed E-state index contributed by atoms with van der Waals surface area (Å²) in [6, 6.07) is 7.79. The van der Waals surface area contributed by atoms with E-state index in [0.29, 0.717) is 18.7 Å². The zero-order valence-electron chi connectivity index (χ0n) is 14.2. The van der Waals surface area contributed by atoms with Crippen LogP contribution in [-0.2, 0) is 9.53 Å². The van der Waals surface area contributed by atoms with Crippen molar-refractivity contribution >= 4 is 27.8 Å². The normalized spacial score (nSPS) is 15.2. The zero-order valence-corrected chi connectivity index (χ0v) is 15.8. The molecule has 2 heterocycles. The van der Waals surface area contributed by atoms with E-state index >= 15 is 0 Å². The molecule has 1 amide bonds. The molecule has 132 valence electrons. The van der Waals surface area contributed by atoms with Gasteiger partial charge in [-0.05, 0) is 31.0 Å². The molecule has 0 radical (unpaired) electrons. The van der Waals surface area contributed by atoms with Crippen molar-refractivity contribution in [2.24, 2.45) is 0 Å². The van der Waals surface area contributed by atoms with Crippen molar-refractivity contribution in [1.29, 1.82) is 0 Å². The van der Waals surface area contributed by atoms with Crippen LogP contribution in [0.5, 0.6) is 0 Å². The van der Waals surface area contributed by atoms with Crippen LogP contribution in [0.4, 0.5) is 0 Å². The Morgan fingerprint density at radius 1 is 1.28 bits per heavy atom. The van der Waals surface area contributed by atoms with Gasteiger partial charge in [0.2, 0.25) is 5.91 Å². The van der Waals surface area contributed by atoms with Crippen LogP contribution in [-0.4, -0.2) is 46.8 Å². The largest absolute Gasteiger partial charge is 0.465 e. The standard InChI is InChI=1S/C18H20BrN3O3/c1-12(23)21-8-6-13(7-9-21)17-16(18(24)25-2)11-20-22(17)15-5-3-4-14(19)10-15/h3-5,10-11,13H,6-9H2,1-2H3. The molecule has 2 aromatic rings. The number of hydrogen-bond donors (Lipinski definition) is 0. The number of aromatic nitrogens is 2. The smallest absolute Gasteiger partial charge is 0.341 e. The summed E-state index contributed by atoms with van der Waals surface area (Å²) >= 11 is 3.48. The first-order valence-electron chi connectivity index (χ1n) is 8.19. The topological polar surface area (TPSA) is 64.4 Å². The molecule has 0 aliphatic carbocycles. The van der Waals surface area contributed by atoms with Crippen LogP contribution in [0.3, 0.4) is 0 Å². The van der Waals surface area contributed by atoms with Gasteiger partial charge < -0.3 is 9.64 Å². The molecular weight excluding hydrogens is 386 g/mol. The van der Waals surface area contributed by atoms with E-state index in [1.165, 1.54) is 7.11 Å². The molecule has 1 aromatic carbocycles. The van der Waals surface area contributed by atoms with E-state index in [1.807, 2.05) is 33.8 Å². The Labute approximate surface area is 154 Å². The SMILES string of the molecule is COC(=O)c1cnn(-c2cccc(Br)c2)c1C1CCN(C(C)=O)CC1. The summed E-state index contributed by atoms with van der Waals surface area (Å²) in [4.78, 5) is 25.6. The lowest BCUT2D eigenvalue weighted by atomic mass is 9.91. The van der Waals surface area contributed by atoms with Crippen LogP contribution in [0.2, 0.25) is 0 Å². The van der Waals surface area contributed by atoms with Gasteiger partial charge >= 0.3 is 5.97 Å². The third-order valence-corrected chi connectivity index (χ3v) is 5.08. The molecular formula is C18H20BrN3O3. The molecule has 6 nitrogen and oxygen atoms in total. The molecule has 0 bridgehead atoms. The summed E-state index contributed by atoms with van der Waals surface area (Å²) in [5, 5.41) is 4.44. The number of carbonyl (C=O) groups excluding carboxylic acids is 2. The van der Waals surface area contributed by atoms with Crippen LogP contribution in [0.25, 0.3) is 5.69 Å². The van der Waals surface area contributed by atoms with Crippen LogP contribution < -0.4 is 0 Å². The number of piperidine rings is 1. The highest BCUT2D eigenvalue weighted by Gasteiger charge is 2.30. The number of nitrogens with zero attached hydrogens (tertiary/aromatic N) is 3. The predicted molar refractivity (Wildman–Crippen MR) is 96.8 cm³/mol. The quantitative estimate of drug-likeness (QED) is 0.735. The van der Waals surface area contributed by atoms with E-state index in [4.69, 9.17) is 4.74 Å². The summed E-state index contributed by atoms with van der Waals surface area (Å²) in [6.07, 6.45) is 3.16. The Morgan fingerprint density at radius 3 is 2.60 bits per heavy atom. The molecule has 0 atom stereocenters. The molecule has 1 aromatic heterocycles. The maximum atomic E-state index is 12.2. The minimum absolute atomic E-state index is 0.0899. The Bertz CT molecular complexity index is 795. The molecule has 1 saturated heterocycles. The first-order valence-corrected chi connectivity index (χ1v) is 8.98. The van der Waals surface area contributed by atoms with Gasteiger partial charge in [-0.1, -0.05) is 22.0 Å². The monoisotopic (exact) mass is 405 g/mol. The van der Waals surface area contributed by atoms with Crippen LogP contribution >= 0.6 is 15.9 Å². The molecule has 25 heavy (non-hydrogen) atoms. The third-order valence-electron chi connectivity index (χ3n) is 4.59. The van der Waals surface area contributed by atoms with Crippen LogP contribution in [0.15, 0.2) is 34.9 Å². The highest BCUT2D eigenvalue weighted by Crippen LogP contribution is 2.33. The van der Waals surface area contributed by atoms with Crippen molar-refractivity contribution in [3.63, 3.8) is 0 Å². The van der Waals surface area contributed by atoms with Gasteiger partial charge in [0.15, 0.2) is 0 Å². The fourth-order valence-electron chi connectivity index (χ4n) is 3.30. The number of ether oxygens (including phenoxy) is 1. The van der Waals surface area contributed by atoms with Crippen molar-refractivity contribution in [3.8, 4) is 5.69 Å². The maximum Gasteiger partial charge on any atom is 0.341 e. The lowest BCUT2D eigenvalue weighted by Gasteiger charge is -2.32. The minimum atomic E-state index is -0.384. The van der Waals surface area contributed by atoms with Crippen LogP contribution in [0, 0.1) is 0 Å². The van der Waals surface area contributed by atoms with Crippen molar-refractivity contribution in [1.82, 2.24) is 14.7 Å². The number of hydrogen-bond acceptors (Lipinski definition) is 4. The number of halogens is 1. The van der Waals surface area contributed by atoms with E-state index in [-0.39, 0.29) is 17.8 Å². The molecule has 0 spiro atoms. The van der Waals surface area contributed by atoms with Gasteiger partial charge in [-0.2, -0.15) is 5.10 Å². The highest BCUT2D eigenvalue weighted by molar-refractivity contribution is 9.10. The Morgan fingerprint density at radius 2 is 2.00 bits per heavy atom. The molecule has 0 unspecified atom stereocenters. The number of esters is 1. The van der Waals surface area contributed by atoms with Gasteiger partial charge in [0.05, 0.1) is 24.7 Å². The highest BCUT2D eigenvalue weighted by atomic mass is 79.9. The van der Waals surface area contributed by atoms with E-state index in [2.05, 4.69) is 21.0 Å². The average molecular weight is 406 g/mol. The predicted octanol–water partition coefficient (Wildman–Crippen LogP) is 3.15. The average Bonchev–Trinajstić information content (AvgIpc) is 3.06. The van der Waals surface area contributed by atoms with Gasteiger partial charge in [-0.15, -0.1) is 0 Å². The molecule has 3 rings (SSSR count). The van der Waals surface area contributed by atoms with Gasteiger partial charge in [0.25, 0.3) is 0 Å². The van der Waals surface area contributed by atoms with Crippen molar-refractivity contribution < 1.29 is 14.3 Å². The number of benzene rings is 1. The molecule has 1 aliphatic rings. The second-order valence-electron chi connectivity index (χ2n) is 6.11.